The molecule has 1 aromatic carbocycles. The molecule has 8 heteroatoms. The minimum Gasteiger partial charge on any atom is -0.507 e. The van der Waals surface area contributed by atoms with Crippen LogP contribution in [0.25, 0.3) is 28.1 Å². The molecule has 2 bridgehead atoms. The molecule has 160 valence electrons. The maximum absolute atomic E-state index is 14.5. The summed E-state index contributed by atoms with van der Waals surface area (Å²) >= 11 is 0. The first kappa shape index (κ1) is 20.0. The number of halogens is 2. The lowest BCUT2D eigenvalue weighted by molar-refractivity contribution is -0.0523. The van der Waals surface area contributed by atoms with E-state index in [-0.39, 0.29) is 18.6 Å². The molecular formula is C23H22F2N4O2. The lowest BCUT2D eigenvalue weighted by Gasteiger charge is -2.38. The van der Waals surface area contributed by atoms with Gasteiger partial charge in [-0.15, -0.1) is 0 Å². The van der Waals surface area contributed by atoms with Gasteiger partial charge in [-0.25, -0.2) is 8.78 Å². The fourth-order valence-electron chi connectivity index (χ4n) is 4.72. The molecule has 2 aliphatic heterocycles. The van der Waals surface area contributed by atoms with Crippen LogP contribution in [-0.2, 0) is 4.74 Å². The van der Waals surface area contributed by atoms with E-state index >= 15 is 0 Å². The monoisotopic (exact) mass is 424 g/mol. The van der Waals surface area contributed by atoms with Gasteiger partial charge in [-0.2, -0.15) is 0 Å². The molecule has 4 heterocycles. The van der Waals surface area contributed by atoms with E-state index in [1.54, 1.807) is 43.9 Å². The number of methoxy groups -OCH3 is 1. The summed E-state index contributed by atoms with van der Waals surface area (Å²) in [4.78, 5) is 12.9. The second kappa shape index (κ2) is 7.03. The number of hydrogen-bond acceptors (Lipinski definition) is 6. The summed E-state index contributed by atoms with van der Waals surface area (Å²) in [6.07, 6.45) is 7.77. The first-order valence-corrected chi connectivity index (χ1v) is 10.1. The molecule has 2 aliphatic rings. The Morgan fingerprint density at radius 2 is 2.03 bits per heavy atom. The third kappa shape index (κ3) is 3.26. The molecule has 0 amide bonds. The SMILES string of the molecule is CO[C@@H]1/C(=C\c2cnc(-c3cc4ccncc4cc3O)cn2)C[C@@]2(C)NC1CC2(F)F. The fourth-order valence-corrected chi connectivity index (χ4v) is 4.72. The zero-order chi connectivity index (χ0) is 21.8. The van der Waals surface area contributed by atoms with Crippen molar-refractivity contribution in [3.63, 3.8) is 0 Å². The number of benzene rings is 1. The zero-order valence-electron chi connectivity index (χ0n) is 17.1. The van der Waals surface area contributed by atoms with Crippen molar-refractivity contribution in [2.75, 3.05) is 7.11 Å². The number of aromatic nitrogens is 3. The Balaban J connectivity index is 1.47. The molecule has 2 N–H and O–H groups in total. The highest BCUT2D eigenvalue weighted by Gasteiger charge is 2.62. The predicted octanol–water partition coefficient (Wildman–Crippen LogP) is 3.96. The summed E-state index contributed by atoms with van der Waals surface area (Å²) in [7, 11) is 1.53. The van der Waals surface area contributed by atoms with Crippen LogP contribution in [0.5, 0.6) is 5.75 Å². The van der Waals surface area contributed by atoms with Gasteiger partial charge in [-0.05, 0) is 48.6 Å². The molecule has 0 saturated carbocycles. The molecule has 0 radical (unpaired) electrons. The third-order valence-electron chi connectivity index (χ3n) is 6.37. The summed E-state index contributed by atoms with van der Waals surface area (Å²) in [5, 5.41) is 15.2. The number of pyridine rings is 1. The third-order valence-corrected chi connectivity index (χ3v) is 6.37. The predicted molar refractivity (Wildman–Crippen MR) is 113 cm³/mol. The smallest absolute Gasteiger partial charge is 0.267 e. The Bertz CT molecular complexity index is 1180. The fraction of sp³-hybridized carbons (Fsp3) is 0.348. The molecule has 2 aromatic heterocycles. The average molecular weight is 424 g/mol. The average Bonchev–Trinajstić information content (AvgIpc) is 2.92. The van der Waals surface area contributed by atoms with E-state index < -0.39 is 23.6 Å². The molecule has 3 aromatic rings. The highest BCUT2D eigenvalue weighted by molar-refractivity contribution is 5.89. The highest BCUT2D eigenvalue weighted by atomic mass is 19.3. The number of ether oxygens (including phenoxy) is 1. The van der Waals surface area contributed by atoms with Gasteiger partial charge in [0.05, 0.1) is 35.4 Å². The van der Waals surface area contributed by atoms with Crippen molar-refractivity contribution in [1.29, 1.82) is 0 Å². The lowest BCUT2D eigenvalue weighted by Crippen LogP contribution is -2.56. The van der Waals surface area contributed by atoms with Crippen LogP contribution in [0.15, 0.2) is 48.6 Å². The van der Waals surface area contributed by atoms with E-state index in [1.807, 2.05) is 12.1 Å². The summed E-state index contributed by atoms with van der Waals surface area (Å²) in [5.74, 6) is -2.71. The molecule has 2 fully saturated rings. The number of fused-ring (bicyclic) bond motifs is 3. The van der Waals surface area contributed by atoms with E-state index in [1.165, 1.54) is 7.11 Å². The van der Waals surface area contributed by atoms with Gasteiger partial charge in [0.1, 0.15) is 5.75 Å². The number of nitrogens with one attached hydrogen (secondary N) is 1. The van der Waals surface area contributed by atoms with Crippen molar-refractivity contribution in [1.82, 2.24) is 20.3 Å². The van der Waals surface area contributed by atoms with E-state index in [0.717, 1.165) is 16.3 Å². The Labute approximate surface area is 178 Å². The van der Waals surface area contributed by atoms with Gasteiger partial charge in [-0.1, -0.05) is 0 Å². The van der Waals surface area contributed by atoms with Gasteiger partial charge in [0.15, 0.2) is 0 Å². The van der Waals surface area contributed by atoms with Gasteiger partial charge >= 0.3 is 0 Å². The first-order valence-electron chi connectivity index (χ1n) is 10.1. The number of rotatable bonds is 3. The van der Waals surface area contributed by atoms with Crippen LogP contribution in [0.1, 0.15) is 25.5 Å². The van der Waals surface area contributed by atoms with Crippen molar-refractivity contribution >= 4 is 16.8 Å². The second-order valence-electron chi connectivity index (χ2n) is 8.46. The van der Waals surface area contributed by atoms with Crippen molar-refractivity contribution in [2.45, 2.75) is 43.4 Å². The second-order valence-corrected chi connectivity index (χ2v) is 8.46. The molecule has 2 saturated heterocycles. The number of aromatic hydroxyl groups is 1. The van der Waals surface area contributed by atoms with Gasteiger partial charge < -0.3 is 15.2 Å². The Kier molecular flexibility index (Phi) is 4.53. The largest absolute Gasteiger partial charge is 0.507 e. The van der Waals surface area contributed by atoms with Crippen molar-refractivity contribution in [3.8, 4) is 17.0 Å². The maximum Gasteiger partial charge on any atom is 0.267 e. The molecular weight excluding hydrogens is 402 g/mol. The summed E-state index contributed by atoms with van der Waals surface area (Å²) in [6, 6.07) is 4.89. The minimum absolute atomic E-state index is 0.0884. The maximum atomic E-state index is 14.5. The molecule has 31 heavy (non-hydrogen) atoms. The van der Waals surface area contributed by atoms with E-state index in [0.29, 0.717) is 17.0 Å². The number of phenolic OH excluding ortho intramolecular Hbond substituents is 1. The number of alkyl halides is 2. The molecule has 5 rings (SSSR count). The van der Waals surface area contributed by atoms with Gasteiger partial charge in [0.2, 0.25) is 0 Å². The van der Waals surface area contributed by atoms with Crippen molar-refractivity contribution < 1.29 is 18.6 Å². The Hall–Kier alpha value is -2.97. The molecule has 3 atom stereocenters. The minimum atomic E-state index is -2.80. The normalized spacial score (nSPS) is 28.3. The number of piperidine rings is 1. The number of nitrogens with zero attached hydrogens (tertiary/aromatic N) is 3. The standard InChI is InChI=1S/C23H22F2N4O2/c1-22-8-14(21(31-2)18(29-22)9-23(22,24)25)5-16-11-28-19(12-27-16)17-6-13-3-4-26-10-15(13)7-20(17)30/h3-7,10-12,18,21,29-30H,8-9H2,1-2H3/b14-5-/t18?,21-,22-/m1/s1. The summed E-state index contributed by atoms with van der Waals surface area (Å²) in [5.41, 5.74) is 1.11. The van der Waals surface area contributed by atoms with Crippen LogP contribution in [-0.4, -0.2) is 50.8 Å². The molecule has 1 unspecified atom stereocenters. The van der Waals surface area contributed by atoms with E-state index in [4.69, 9.17) is 4.74 Å². The Morgan fingerprint density at radius 1 is 1.19 bits per heavy atom. The lowest BCUT2D eigenvalue weighted by atomic mass is 9.85. The van der Waals surface area contributed by atoms with E-state index in [9.17, 15) is 13.9 Å². The van der Waals surface area contributed by atoms with Gasteiger partial charge in [-0.3, -0.25) is 15.0 Å². The molecule has 0 aliphatic carbocycles. The first-order chi connectivity index (χ1) is 14.8. The Morgan fingerprint density at radius 3 is 2.77 bits per heavy atom. The summed E-state index contributed by atoms with van der Waals surface area (Å²) < 4.78 is 34.5. The van der Waals surface area contributed by atoms with Crippen molar-refractivity contribution in [3.05, 3.63) is 54.3 Å². The summed E-state index contributed by atoms with van der Waals surface area (Å²) in [6.45, 7) is 1.56. The van der Waals surface area contributed by atoms with Gasteiger partial charge in [0.25, 0.3) is 5.92 Å². The zero-order valence-corrected chi connectivity index (χ0v) is 17.1. The molecule has 6 nitrogen and oxygen atoms in total. The number of phenols is 1. The quantitative estimate of drug-likeness (QED) is 0.663. The number of hydrogen-bond donors (Lipinski definition) is 2. The van der Waals surface area contributed by atoms with Crippen molar-refractivity contribution in [2.24, 2.45) is 0 Å². The molecule has 0 spiro atoms. The van der Waals surface area contributed by atoms with Crippen LogP contribution >= 0.6 is 0 Å². The highest BCUT2D eigenvalue weighted by Crippen LogP contribution is 2.49. The van der Waals surface area contributed by atoms with Crippen LogP contribution in [0, 0.1) is 0 Å². The van der Waals surface area contributed by atoms with Crippen LogP contribution in [0.4, 0.5) is 8.78 Å². The van der Waals surface area contributed by atoms with Crippen LogP contribution in [0.2, 0.25) is 0 Å². The van der Waals surface area contributed by atoms with Crippen LogP contribution in [0.3, 0.4) is 0 Å². The van der Waals surface area contributed by atoms with E-state index in [2.05, 4.69) is 20.3 Å². The van der Waals surface area contributed by atoms with Gasteiger partial charge in [0, 0.05) is 42.9 Å². The van der Waals surface area contributed by atoms with Crippen LogP contribution < -0.4 is 5.32 Å². The topological polar surface area (TPSA) is 80.2 Å².